The van der Waals surface area contributed by atoms with Gasteiger partial charge in [0, 0.05) is 5.69 Å². The molecule has 2 aromatic carbocycles. The zero-order chi connectivity index (χ0) is 22.5. The fraction of sp³-hybridized carbons (Fsp3) is 0.211. The minimum atomic E-state index is -4.78. The zero-order valence-electron chi connectivity index (χ0n) is 15.7. The highest BCUT2D eigenvalue weighted by molar-refractivity contribution is 7.92. The fourth-order valence-electron chi connectivity index (χ4n) is 2.41. The number of carbonyl (C=O) groups excluding carboxylic acids is 1. The first-order chi connectivity index (χ1) is 13.9. The molecule has 2 rings (SSSR count). The SMILES string of the molecule is C=CCOc1ccc(NC(=O)CN(c2ccc(Cl)c(C(F)(F)F)c2)S(C)(=O)=O)cc1. The summed E-state index contributed by atoms with van der Waals surface area (Å²) in [5.41, 5.74) is -1.19. The summed E-state index contributed by atoms with van der Waals surface area (Å²) >= 11 is 5.57. The number of hydrogen-bond donors (Lipinski definition) is 1. The van der Waals surface area contributed by atoms with Gasteiger partial charge in [0.1, 0.15) is 18.9 Å². The van der Waals surface area contributed by atoms with Crippen molar-refractivity contribution in [3.8, 4) is 5.75 Å². The molecule has 0 unspecified atom stereocenters. The number of benzene rings is 2. The van der Waals surface area contributed by atoms with Crippen LogP contribution in [0.3, 0.4) is 0 Å². The Bertz CT molecular complexity index is 1030. The van der Waals surface area contributed by atoms with Gasteiger partial charge in [0.15, 0.2) is 0 Å². The lowest BCUT2D eigenvalue weighted by molar-refractivity contribution is -0.137. The van der Waals surface area contributed by atoms with Gasteiger partial charge < -0.3 is 10.1 Å². The standard InChI is InChI=1S/C19H18ClF3N2O4S/c1-3-10-29-15-7-4-13(5-8-15)24-18(26)12-25(30(2,27)28)14-6-9-17(20)16(11-14)19(21,22)23/h3-9,11H,1,10,12H2,2H3,(H,24,26). The fourth-order valence-corrected chi connectivity index (χ4v) is 3.48. The van der Waals surface area contributed by atoms with E-state index in [-0.39, 0.29) is 5.69 Å². The summed E-state index contributed by atoms with van der Waals surface area (Å²) in [6.07, 6.45) is -2.43. The van der Waals surface area contributed by atoms with Crippen LogP contribution >= 0.6 is 11.6 Å². The van der Waals surface area contributed by atoms with E-state index in [0.29, 0.717) is 28.4 Å². The maximum absolute atomic E-state index is 13.1. The average Bonchev–Trinajstić information content (AvgIpc) is 2.64. The first-order valence-corrected chi connectivity index (χ1v) is 10.6. The normalized spacial score (nSPS) is 11.6. The van der Waals surface area contributed by atoms with Gasteiger partial charge in [0.2, 0.25) is 15.9 Å². The zero-order valence-corrected chi connectivity index (χ0v) is 17.3. The monoisotopic (exact) mass is 462 g/mol. The molecule has 1 N–H and O–H groups in total. The average molecular weight is 463 g/mol. The Labute approximate surface area is 176 Å². The molecule has 0 aliphatic heterocycles. The molecular formula is C19H18ClF3N2O4S. The van der Waals surface area contributed by atoms with E-state index in [1.807, 2.05) is 0 Å². The Morgan fingerprint density at radius 2 is 1.87 bits per heavy atom. The highest BCUT2D eigenvalue weighted by Crippen LogP contribution is 2.37. The first-order valence-electron chi connectivity index (χ1n) is 8.40. The van der Waals surface area contributed by atoms with E-state index in [1.165, 1.54) is 12.1 Å². The minimum Gasteiger partial charge on any atom is -0.490 e. The van der Waals surface area contributed by atoms with Crippen molar-refractivity contribution >= 4 is 38.9 Å². The molecule has 162 valence electrons. The van der Waals surface area contributed by atoms with Crippen LogP contribution in [-0.2, 0) is 21.0 Å². The molecular weight excluding hydrogens is 445 g/mol. The second-order valence-corrected chi connectivity index (χ2v) is 8.42. The summed E-state index contributed by atoms with van der Waals surface area (Å²) in [7, 11) is -4.06. The third kappa shape index (κ3) is 6.39. The lowest BCUT2D eigenvalue weighted by Gasteiger charge is -2.23. The third-order valence-electron chi connectivity index (χ3n) is 3.74. The molecule has 0 atom stereocenters. The minimum absolute atomic E-state index is 0.302. The first kappa shape index (κ1) is 23.6. The van der Waals surface area contributed by atoms with Gasteiger partial charge >= 0.3 is 6.18 Å². The van der Waals surface area contributed by atoms with E-state index in [9.17, 15) is 26.4 Å². The van der Waals surface area contributed by atoms with E-state index in [2.05, 4.69) is 11.9 Å². The van der Waals surface area contributed by atoms with Crippen LogP contribution in [0.5, 0.6) is 5.75 Å². The van der Waals surface area contributed by atoms with Gasteiger partial charge in [0.25, 0.3) is 0 Å². The number of ether oxygens (including phenoxy) is 1. The van der Waals surface area contributed by atoms with Crippen molar-refractivity contribution in [2.75, 3.05) is 29.0 Å². The molecule has 30 heavy (non-hydrogen) atoms. The maximum atomic E-state index is 13.1. The Hall–Kier alpha value is -2.72. The van der Waals surface area contributed by atoms with Crippen LogP contribution in [0.15, 0.2) is 55.1 Å². The third-order valence-corrected chi connectivity index (χ3v) is 5.21. The predicted octanol–water partition coefficient (Wildman–Crippen LogP) is 4.33. The highest BCUT2D eigenvalue weighted by Gasteiger charge is 2.34. The summed E-state index contributed by atoms with van der Waals surface area (Å²) in [6, 6.07) is 8.85. The molecule has 0 heterocycles. The smallest absolute Gasteiger partial charge is 0.417 e. The van der Waals surface area contributed by atoms with Crippen LogP contribution in [0.4, 0.5) is 24.5 Å². The molecule has 11 heteroatoms. The van der Waals surface area contributed by atoms with Crippen molar-refractivity contribution < 1.29 is 31.1 Å². The number of amides is 1. The molecule has 0 radical (unpaired) electrons. The van der Waals surface area contributed by atoms with Crippen molar-refractivity contribution in [2.45, 2.75) is 6.18 Å². The van der Waals surface area contributed by atoms with Crippen molar-refractivity contribution in [1.82, 2.24) is 0 Å². The van der Waals surface area contributed by atoms with Crippen molar-refractivity contribution in [2.24, 2.45) is 0 Å². The molecule has 0 fully saturated rings. The van der Waals surface area contributed by atoms with Crippen LogP contribution in [0.2, 0.25) is 5.02 Å². The summed E-state index contributed by atoms with van der Waals surface area (Å²) in [4.78, 5) is 12.3. The van der Waals surface area contributed by atoms with E-state index >= 15 is 0 Å². The highest BCUT2D eigenvalue weighted by atomic mass is 35.5. The summed E-state index contributed by atoms with van der Waals surface area (Å²) in [5, 5.41) is 1.90. The molecule has 0 saturated heterocycles. The van der Waals surface area contributed by atoms with Gasteiger partial charge in [-0.3, -0.25) is 9.10 Å². The van der Waals surface area contributed by atoms with Crippen molar-refractivity contribution in [3.05, 3.63) is 65.7 Å². The van der Waals surface area contributed by atoms with Gasteiger partial charge in [-0.1, -0.05) is 24.3 Å². The van der Waals surface area contributed by atoms with Gasteiger partial charge in [-0.2, -0.15) is 13.2 Å². The second-order valence-electron chi connectivity index (χ2n) is 6.10. The number of alkyl halides is 3. The number of hydrogen-bond acceptors (Lipinski definition) is 4. The lowest BCUT2D eigenvalue weighted by atomic mass is 10.2. The van der Waals surface area contributed by atoms with Gasteiger partial charge in [-0.25, -0.2) is 8.42 Å². The summed E-state index contributed by atoms with van der Waals surface area (Å²) < 4.78 is 69.4. The van der Waals surface area contributed by atoms with Crippen molar-refractivity contribution in [1.29, 1.82) is 0 Å². The number of sulfonamides is 1. The van der Waals surface area contributed by atoms with E-state index in [1.54, 1.807) is 18.2 Å². The number of rotatable bonds is 8. The lowest BCUT2D eigenvalue weighted by Crippen LogP contribution is -2.37. The number of anilines is 2. The van der Waals surface area contributed by atoms with Gasteiger partial charge in [-0.15, -0.1) is 0 Å². The van der Waals surface area contributed by atoms with Crippen molar-refractivity contribution in [3.63, 3.8) is 0 Å². The van der Waals surface area contributed by atoms with Crippen LogP contribution < -0.4 is 14.4 Å². The molecule has 0 aliphatic carbocycles. The van der Waals surface area contributed by atoms with Crippen LogP contribution in [0, 0.1) is 0 Å². The van der Waals surface area contributed by atoms with Gasteiger partial charge in [0.05, 0.1) is 22.5 Å². The molecule has 0 saturated carbocycles. The van der Waals surface area contributed by atoms with E-state index < -0.39 is 39.2 Å². The molecule has 2 aromatic rings. The van der Waals surface area contributed by atoms with E-state index in [4.69, 9.17) is 16.3 Å². The molecule has 1 amide bonds. The molecule has 0 spiro atoms. The van der Waals surface area contributed by atoms with Crippen LogP contribution in [0.25, 0.3) is 0 Å². The Balaban J connectivity index is 2.21. The number of nitrogens with zero attached hydrogens (tertiary/aromatic N) is 1. The Kier molecular flexibility index (Phi) is 7.38. The number of halogens is 4. The number of nitrogens with one attached hydrogen (secondary N) is 1. The van der Waals surface area contributed by atoms with Crippen LogP contribution in [-0.4, -0.2) is 33.7 Å². The largest absolute Gasteiger partial charge is 0.490 e. The quantitative estimate of drug-likeness (QED) is 0.592. The number of carbonyl (C=O) groups is 1. The van der Waals surface area contributed by atoms with Gasteiger partial charge in [-0.05, 0) is 42.5 Å². The maximum Gasteiger partial charge on any atom is 0.417 e. The molecule has 0 aliphatic rings. The summed E-state index contributed by atoms with van der Waals surface area (Å²) in [6.45, 7) is 3.10. The Morgan fingerprint density at radius 1 is 1.23 bits per heavy atom. The molecule has 0 aromatic heterocycles. The molecule has 6 nitrogen and oxygen atoms in total. The molecule has 0 bridgehead atoms. The van der Waals surface area contributed by atoms with E-state index in [0.717, 1.165) is 18.4 Å². The predicted molar refractivity (Wildman–Crippen MR) is 109 cm³/mol. The summed E-state index contributed by atoms with van der Waals surface area (Å²) in [5.74, 6) is -0.213. The Morgan fingerprint density at radius 3 is 2.40 bits per heavy atom. The second kappa shape index (κ2) is 9.40. The van der Waals surface area contributed by atoms with Crippen LogP contribution in [0.1, 0.15) is 5.56 Å². The topological polar surface area (TPSA) is 75.7 Å².